The highest BCUT2D eigenvalue weighted by molar-refractivity contribution is 7.00. The minimum atomic E-state index is 0.467. The Morgan fingerprint density at radius 1 is 0.971 bits per heavy atom. The van der Waals surface area contributed by atoms with Gasteiger partial charge in [-0.3, -0.25) is 14.8 Å². The van der Waals surface area contributed by atoms with Crippen molar-refractivity contribution in [2.75, 3.05) is 27.2 Å². The fraction of sp³-hybridized carbons (Fsp3) is 0.393. The molecule has 2 aromatic carbocycles. The molecule has 7 heteroatoms. The van der Waals surface area contributed by atoms with Crippen molar-refractivity contribution in [1.82, 2.24) is 23.5 Å². The third kappa shape index (κ3) is 6.04. The van der Waals surface area contributed by atoms with E-state index in [9.17, 15) is 0 Å². The molecule has 1 saturated heterocycles. The molecule has 1 aliphatic heterocycles. The predicted molar refractivity (Wildman–Crippen MR) is 142 cm³/mol. The molecule has 35 heavy (non-hydrogen) atoms. The Bertz CT molecular complexity index is 1220. The number of ether oxygens (including phenoxy) is 1. The summed E-state index contributed by atoms with van der Waals surface area (Å²) in [4.78, 5) is 9.31. The summed E-state index contributed by atoms with van der Waals surface area (Å²) >= 11 is 1.29. The number of likely N-dealkylation sites (N-methyl/N-ethyl adjacent to an activating group) is 1. The molecule has 0 unspecified atom stereocenters. The zero-order valence-electron chi connectivity index (χ0n) is 20.5. The van der Waals surface area contributed by atoms with Gasteiger partial charge in [-0.05, 0) is 98.4 Å². The van der Waals surface area contributed by atoms with Gasteiger partial charge in [0.05, 0.1) is 18.8 Å². The number of likely N-dealkylation sites (tertiary alicyclic amines) is 1. The Kier molecular flexibility index (Phi) is 7.66. The molecular weight excluding hydrogens is 454 g/mol. The normalized spacial score (nSPS) is 16.1. The summed E-state index contributed by atoms with van der Waals surface area (Å²) in [5.41, 5.74) is 5.98. The third-order valence-corrected chi connectivity index (χ3v) is 7.78. The number of aromatic nitrogens is 3. The molecule has 1 atom stereocenters. The summed E-state index contributed by atoms with van der Waals surface area (Å²) < 4.78 is 14.2. The Balaban J connectivity index is 1.26. The van der Waals surface area contributed by atoms with Crippen molar-refractivity contribution in [3.8, 4) is 5.75 Å². The SMILES string of the molecule is COc1cccc(C[C@H](C2CCN(Cc3ccc4nsnc4c3)CC2)N(C)Cc2ccncc2)c1. The van der Waals surface area contributed by atoms with Crippen LogP contribution in [0, 0.1) is 5.92 Å². The average molecular weight is 488 g/mol. The molecule has 0 radical (unpaired) electrons. The molecule has 0 amide bonds. The Labute approximate surface area is 211 Å². The minimum Gasteiger partial charge on any atom is -0.497 e. The lowest BCUT2D eigenvalue weighted by molar-refractivity contribution is 0.0954. The smallest absolute Gasteiger partial charge is 0.119 e. The first-order chi connectivity index (χ1) is 17.2. The van der Waals surface area contributed by atoms with Crippen molar-refractivity contribution in [2.24, 2.45) is 5.92 Å². The molecule has 5 rings (SSSR count). The largest absolute Gasteiger partial charge is 0.497 e. The summed E-state index contributed by atoms with van der Waals surface area (Å²) in [5.74, 6) is 1.58. The average Bonchev–Trinajstić information content (AvgIpc) is 3.36. The van der Waals surface area contributed by atoms with Gasteiger partial charge in [0.15, 0.2) is 0 Å². The number of piperidine rings is 1. The molecule has 0 saturated carbocycles. The Morgan fingerprint density at radius 2 is 1.77 bits per heavy atom. The van der Waals surface area contributed by atoms with E-state index in [1.807, 2.05) is 18.5 Å². The second kappa shape index (κ2) is 11.2. The van der Waals surface area contributed by atoms with Crippen LogP contribution in [-0.4, -0.2) is 56.8 Å². The van der Waals surface area contributed by atoms with Crippen molar-refractivity contribution in [3.63, 3.8) is 0 Å². The lowest BCUT2D eigenvalue weighted by atomic mass is 9.84. The molecule has 0 aliphatic carbocycles. The van der Waals surface area contributed by atoms with Crippen molar-refractivity contribution in [1.29, 1.82) is 0 Å². The van der Waals surface area contributed by atoms with Crippen molar-refractivity contribution in [3.05, 3.63) is 83.7 Å². The highest BCUT2D eigenvalue weighted by Crippen LogP contribution is 2.29. The standard InChI is InChI=1S/C28H33N5OS/c1-32(19-21-8-12-29-13-9-21)28(18-22-4-3-5-25(16-22)34-2)24-10-14-33(15-11-24)20-23-6-7-26-27(17-23)31-35-30-26/h3-9,12-13,16-17,24,28H,10-11,14-15,18-20H2,1-2H3/t28-/m1/s1. The first-order valence-corrected chi connectivity index (χ1v) is 13.1. The first kappa shape index (κ1) is 23.9. The van der Waals surface area contributed by atoms with Crippen LogP contribution in [0.5, 0.6) is 5.75 Å². The summed E-state index contributed by atoms with van der Waals surface area (Å²) in [6.45, 7) is 4.15. The van der Waals surface area contributed by atoms with Gasteiger partial charge in [0.1, 0.15) is 16.8 Å². The second-order valence-corrected chi connectivity index (χ2v) is 10.1. The molecule has 3 heterocycles. The molecule has 0 N–H and O–H groups in total. The van der Waals surface area contributed by atoms with Crippen molar-refractivity contribution in [2.45, 2.75) is 38.4 Å². The first-order valence-electron chi connectivity index (χ1n) is 12.3. The zero-order chi connectivity index (χ0) is 24.0. The number of hydrogen-bond donors (Lipinski definition) is 0. The van der Waals surface area contributed by atoms with Crippen molar-refractivity contribution < 1.29 is 4.74 Å². The van der Waals surface area contributed by atoms with Gasteiger partial charge in [-0.15, -0.1) is 0 Å². The lowest BCUT2D eigenvalue weighted by Crippen LogP contribution is -2.44. The molecule has 0 spiro atoms. The lowest BCUT2D eigenvalue weighted by Gasteiger charge is -2.40. The predicted octanol–water partition coefficient (Wildman–Crippen LogP) is 5.05. The van der Waals surface area contributed by atoms with E-state index in [1.165, 1.54) is 41.3 Å². The highest BCUT2D eigenvalue weighted by Gasteiger charge is 2.29. The van der Waals surface area contributed by atoms with Gasteiger partial charge in [-0.25, -0.2) is 0 Å². The summed E-state index contributed by atoms with van der Waals surface area (Å²) in [5, 5.41) is 0. The van der Waals surface area contributed by atoms with E-state index in [0.29, 0.717) is 12.0 Å². The van der Waals surface area contributed by atoms with Gasteiger partial charge in [0.25, 0.3) is 0 Å². The number of hydrogen-bond acceptors (Lipinski definition) is 7. The van der Waals surface area contributed by atoms with E-state index in [1.54, 1.807) is 7.11 Å². The third-order valence-electron chi connectivity index (χ3n) is 7.23. The fourth-order valence-electron chi connectivity index (χ4n) is 5.30. The van der Waals surface area contributed by atoms with Gasteiger partial charge in [0.2, 0.25) is 0 Å². The molecule has 1 fully saturated rings. The van der Waals surface area contributed by atoms with E-state index in [-0.39, 0.29) is 0 Å². The molecule has 6 nitrogen and oxygen atoms in total. The van der Waals surface area contributed by atoms with E-state index < -0.39 is 0 Å². The highest BCUT2D eigenvalue weighted by atomic mass is 32.1. The second-order valence-electron chi connectivity index (χ2n) is 9.59. The Morgan fingerprint density at radius 3 is 2.57 bits per heavy atom. The molecule has 1 aliphatic rings. The number of methoxy groups -OCH3 is 1. The maximum atomic E-state index is 5.50. The van der Waals surface area contributed by atoms with Crippen LogP contribution in [0.1, 0.15) is 29.5 Å². The zero-order valence-corrected chi connectivity index (χ0v) is 21.3. The number of benzene rings is 2. The molecule has 182 valence electrons. The fourth-order valence-corrected chi connectivity index (χ4v) is 5.81. The minimum absolute atomic E-state index is 0.467. The van der Waals surface area contributed by atoms with Gasteiger partial charge in [-0.2, -0.15) is 8.75 Å². The van der Waals surface area contributed by atoms with E-state index >= 15 is 0 Å². The topological polar surface area (TPSA) is 54.4 Å². The maximum Gasteiger partial charge on any atom is 0.119 e. The summed E-state index contributed by atoms with van der Waals surface area (Å²) in [6, 6.07) is 19.7. The van der Waals surface area contributed by atoms with Gasteiger partial charge >= 0.3 is 0 Å². The molecule has 4 aromatic rings. The Hall–Kier alpha value is -2.87. The maximum absolute atomic E-state index is 5.50. The van der Waals surface area contributed by atoms with E-state index in [0.717, 1.165) is 49.4 Å². The molecular formula is C28H33N5OS. The van der Waals surface area contributed by atoms with Crippen LogP contribution >= 0.6 is 11.7 Å². The van der Waals surface area contributed by atoms with E-state index in [4.69, 9.17) is 4.74 Å². The van der Waals surface area contributed by atoms with Crippen LogP contribution in [0.3, 0.4) is 0 Å². The molecule has 2 aromatic heterocycles. The van der Waals surface area contributed by atoms with Gasteiger partial charge in [-0.1, -0.05) is 18.2 Å². The molecule has 0 bridgehead atoms. The van der Waals surface area contributed by atoms with Crippen LogP contribution in [-0.2, 0) is 19.5 Å². The van der Waals surface area contributed by atoms with Crippen LogP contribution in [0.4, 0.5) is 0 Å². The number of nitrogens with zero attached hydrogens (tertiary/aromatic N) is 5. The quantitative estimate of drug-likeness (QED) is 0.329. The van der Waals surface area contributed by atoms with Crippen LogP contribution < -0.4 is 4.74 Å². The van der Waals surface area contributed by atoms with E-state index in [2.05, 4.69) is 79.1 Å². The summed E-state index contributed by atoms with van der Waals surface area (Å²) in [6.07, 6.45) is 7.21. The van der Waals surface area contributed by atoms with Crippen LogP contribution in [0.2, 0.25) is 0 Å². The number of pyridine rings is 1. The monoisotopic (exact) mass is 487 g/mol. The van der Waals surface area contributed by atoms with Crippen LogP contribution in [0.15, 0.2) is 67.0 Å². The number of fused-ring (bicyclic) bond motifs is 1. The van der Waals surface area contributed by atoms with Crippen LogP contribution in [0.25, 0.3) is 11.0 Å². The number of rotatable bonds is 9. The van der Waals surface area contributed by atoms with Gasteiger partial charge < -0.3 is 4.74 Å². The van der Waals surface area contributed by atoms with Crippen molar-refractivity contribution >= 4 is 22.8 Å². The summed E-state index contributed by atoms with van der Waals surface area (Å²) in [7, 11) is 4.01. The van der Waals surface area contributed by atoms with Gasteiger partial charge in [0, 0.05) is 31.5 Å².